The molecule has 2 amide bonds. The van der Waals surface area contributed by atoms with Crippen LogP contribution in [0.25, 0.3) is 10.4 Å². The second-order valence-electron chi connectivity index (χ2n) is 5.17. The predicted octanol–water partition coefficient (Wildman–Crippen LogP) is 4.41. The molecule has 0 aliphatic carbocycles. The number of urea groups is 1. The average molecular weight is 417 g/mol. The van der Waals surface area contributed by atoms with Gasteiger partial charge in [-0.25, -0.2) is 9.59 Å². The Morgan fingerprint density at radius 1 is 1.08 bits per heavy atom. The summed E-state index contributed by atoms with van der Waals surface area (Å²) in [4.78, 5) is 34.3. The van der Waals surface area contributed by atoms with Gasteiger partial charge < -0.3 is 20.8 Å². The second kappa shape index (κ2) is 8.88. The number of hydrogen-bond acceptors (Lipinski definition) is 4. The lowest BCUT2D eigenvalue weighted by molar-refractivity contribution is -0.137. The number of carbonyl (C=O) groups excluding carboxylic acids is 1. The third kappa shape index (κ3) is 5.35. The highest BCUT2D eigenvalue weighted by Gasteiger charge is 2.18. The highest BCUT2D eigenvalue weighted by atomic mass is 35.5. The molecule has 0 radical (unpaired) electrons. The summed E-state index contributed by atoms with van der Waals surface area (Å²) in [6, 6.07) is 5.82. The number of nitrogens with one attached hydrogen (secondary N) is 2. The van der Waals surface area contributed by atoms with Gasteiger partial charge in [0.2, 0.25) is 0 Å². The Labute approximate surface area is 162 Å². The third-order valence-corrected chi connectivity index (χ3v) is 5.14. The van der Waals surface area contributed by atoms with Gasteiger partial charge in [-0.3, -0.25) is 4.79 Å². The van der Waals surface area contributed by atoms with Crippen molar-refractivity contribution in [1.29, 1.82) is 0 Å². The molecule has 10 heteroatoms. The minimum Gasteiger partial charge on any atom is -0.481 e. The molecule has 0 saturated heterocycles. The lowest BCUT2D eigenvalue weighted by atomic mass is 10.2. The first-order valence-electron chi connectivity index (χ1n) is 7.37. The molecule has 7 nitrogen and oxygen atoms in total. The second-order valence-corrected chi connectivity index (χ2v) is 7.03. The summed E-state index contributed by atoms with van der Waals surface area (Å²) >= 11 is 12.9. The predicted molar refractivity (Wildman–Crippen MR) is 101 cm³/mol. The molecule has 2 rings (SSSR count). The number of carboxylic acids is 2. The van der Waals surface area contributed by atoms with Gasteiger partial charge in [0.15, 0.2) is 0 Å². The molecule has 0 fully saturated rings. The molecule has 1 aromatic heterocycles. The summed E-state index contributed by atoms with van der Waals surface area (Å²) in [7, 11) is 0. The molecule has 2 aromatic rings. The van der Waals surface area contributed by atoms with Gasteiger partial charge in [0.25, 0.3) is 0 Å². The average Bonchev–Trinajstić information content (AvgIpc) is 2.98. The van der Waals surface area contributed by atoms with Gasteiger partial charge >= 0.3 is 18.0 Å². The Hall–Kier alpha value is -2.29. The van der Waals surface area contributed by atoms with Crippen molar-refractivity contribution in [2.75, 3.05) is 11.9 Å². The standard InChI is InChI=1S/C16H14Cl2N2O5S/c17-9-4-3-8(6-10(9)18)12-7-11(14(26-12)15(23)24)20-16(25)19-5-1-2-13(21)22/h3-4,6-7H,1-2,5H2,(H,21,22)(H,23,24)(H2,19,20,25). The van der Waals surface area contributed by atoms with Crippen molar-refractivity contribution in [2.45, 2.75) is 12.8 Å². The maximum Gasteiger partial charge on any atom is 0.348 e. The smallest absolute Gasteiger partial charge is 0.348 e. The lowest BCUT2D eigenvalue weighted by Crippen LogP contribution is -2.30. The van der Waals surface area contributed by atoms with Crippen molar-refractivity contribution in [3.63, 3.8) is 0 Å². The van der Waals surface area contributed by atoms with Gasteiger partial charge in [0, 0.05) is 17.8 Å². The minimum atomic E-state index is -1.18. The number of carboxylic acid groups (broad SMARTS) is 2. The highest BCUT2D eigenvalue weighted by molar-refractivity contribution is 7.18. The largest absolute Gasteiger partial charge is 0.481 e. The number of anilines is 1. The van der Waals surface area contributed by atoms with E-state index in [0.717, 1.165) is 11.3 Å². The van der Waals surface area contributed by atoms with E-state index in [9.17, 15) is 19.5 Å². The molecule has 1 aromatic carbocycles. The summed E-state index contributed by atoms with van der Waals surface area (Å²) in [6.07, 6.45) is 0.202. The van der Waals surface area contributed by atoms with Gasteiger partial charge in [0.1, 0.15) is 4.88 Å². The molecule has 0 atom stereocenters. The van der Waals surface area contributed by atoms with Crippen molar-refractivity contribution in [1.82, 2.24) is 5.32 Å². The number of amides is 2. The zero-order chi connectivity index (χ0) is 19.3. The molecule has 26 heavy (non-hydrogen) atoms. The van der Waals surface area contributed by atoms with E-state index in [0.29, 0.717) is 20.5 Å². The van der Waals surface area contributed by atoms with Crippen LogP contribution in [0, 0.1) is 0 Å². The fourth-order valence-corrected chi connectivity index (χ4v) is 3.29. The van der Waals surface area contributed by atoms with E-state index >= 15 is 0 Å². The third-order valence-electron chi connectivity index (χ3n) is 3.23. The summed E-state index contributed by atoms with van der Waals surface area (Å²) in [6.45, 7) is 0.157. The lowest BCUT2D eigenvalue weighted by Gasteiger charge is -2.06. The van der Waals surface area contributed by atoms with Crippen LogP contribution >= 0.6 is 34.5 Å². The number of halogens is 2. The Morgan fingerprint density at radius 2 is 1.81 bits per heavy atom. The number of aromatic carboxylic acids is 1. The van der Waals surface area contributed by atoms with Crippen LogP contribution in [0.3, 0.4) is 0 Å². The Bertz CT molecular complexity index is 853. The van der Waals surface area contributed by atoms with Crippen molar-refractivity contribution >= 4 is 58.2 Å². The van der Waals surface area contributed by atoms with Crippen LogP contribution in [-0.4, -0.2) is 34.7 Å². The van der Waals surface area contributed by atoms with Crippen molar-refractivity contribution in [3.8, 4) is 10.4 Å². The summed E-state index contributed by atoms with van der Waals surface area (Å²) in [5.41, 5.74) is 0.807. The van der Waals surface area contributed by atoms with E-state index < -0.39 is 18.0 Å². The molecule has 0 aliphatic rings. The molecule has 0 saturated carbocycles. The first-order chi connectivity index (χ1) is 12.3. The van der Waals surface area contributed by atoms with Gasteiger partial charge in [-0.15, -0.1) is 11.3 Å². The Morgan fingerprint density at radius 3 is 2.42 bits per heavy atom. The maximum absolute atomic E-state index is 11.9. The fraction of sp³-hybridized carbons (Fsp3) is 0.188. The quantitative estimate of drug-likeness (QED) is 0.498. The molecule has 0 aliphatic heterocycles. The normalized spacial score (nSPS) is 10.4. The first kappa shape index (κ1) is 20.0. The highest BCUT2D eigenvalue weighted by Crippen LogP contribution is 2.37. The zero-order valence-corrected chi connectivity index (χ0v) is 15.5. The molecular weight excluding hydrogens is 403 g/mol. The zero-order valence-electron chi connectivity index (χ0n) is 13.2. The van der Waals surface area contributed by atoms with Crippen LogP contribution in [-0.2, 0) is 4.79 Å². The van der Waals surface area contributed by atoms with Crippen molar-refractivity contribution in [3.05, 3.63) is 39.2 Å². The summed E-state index contributed by atoms with van der Waals surface area (Å²) in [5, 5.41) is 23.5. The Balaban J connectivity index is 2.13. The molecule has 0 bridgehead atoms. The van der Waals surface area contributed by atoms with E-state index in [1.807, 2.05) is 0 Å². The van der Waals surface area contributed by atoms with Crippen molar-refractivity contribution in [2.24, 2.45) is 0 Å². The van der Waals surface area contributed by atoms with Gasteiger partial charge in [-0.05, 0) is 30.2 Å². The molecular formula is C16H14Cl2N2O5S. The van der Waals surface area contributed by atoms with E-state index in [-0.39, 0.29) is 30.0 Å². The monoisotopic (exact) mass is 416 g/mol. The van der Waals surface area contributed by atoms with Gasteiger partial charge in [0.05, 0.1) is 15.7 Å². The van der Waals surface area contributed by atoms with Crippen LogP contribution in [0.1, 0.15) is 22.5 Å². The number of aliphatic carboxylic acids is 1. The summed E-state index contributed by atoms with van der Waals surface area (Å²) < 4.78 is 0. The van der Waals surface area contributed by atoms with E-state index in [1.165, 1.54) is 6.07 Å². The Kier molecular flexibility index (Phi) is 6.84. The van der Waals surface area contributed by atoms with E-state index in [2.05, 4.69) is 10.6 Å². The van der Waals surface area contributed by atoms with Gasteiger partial charge in [-0.2, -0.15) is 0 Å². The number of thiophene rings is 1. The molecule has 0 spiro atoms. The number of hydrogen-bond donors (Lipinski definition) is 4. The molecule has 0 unspecified atom stereocenters. The van der Waals surface area contributed by atoms with Gasteiger partial charge in [-0.1, -0.05) is 29.3 Å². The van der Waals surface area contributed by atoms with Crippen LogP contribution in [0.15, 0.2) is 24.3 Å². The minimum absolute atomic E-state index is 0.0354. The SMILES string of the molecule is O=C(O)CCCNC(=O)Nc1cc(-c2ccc(Cl)c(Cl)c2)sc1C(=O)O. The number of carbonyl (C=O) groups is 3. The van der Waals surface area contributed by atoms with E-state index in [4.69, 9.17) is 28.3 Å². The maximum atomic E-state index is 11.9. The summed E-state index contributed by atoms with van der Waals surface area (Å²) in [5.74, 6) is -2.13. The number of benzene rings is 1. The van der Waals surface area contributed by atoms with Crippen LogP contribution < -0.4 is 10.6 Å². The van der Waals surface area contributed by atoms with Crippen LogP contribution in [0.5, 0.6) is 0 Å². The molecule has 1 heterocycles. The first-order valence-corrected chi connectivity index (χ1v) is 8.94. The molecule has 4 N–H and O–H groups in total. The van der Waals surface area contributed by atoms with E-state index in [1.54, 1.807) is 18.2 Å². The molecule has 138 valence electrons. The van der Waals surface area contributed by atoms with Crippen molar-refractivity contribution < 1.29 is 24.6 Å². The van der Waals surface area contributed by atoms with Crippen LogP contribution in [0.4, 0.5) is 10.5 Å². The fourth-order valence-electron chi connectivity index (χ4n) is 2.04. The van der Waals surface area contributed by atoms with Crippen LogP contribution in [0.2, 0.25) is 10.0 Å². The topological polar surface area (TPSA) is 116 Å². The number of rotatable bonds is 7.